The lowest BCUT2D eigenvalue weighted by Gasteiger charge is -2.03. The molecule has 19 heavy (non-hydrogen) atoms. The smallest absolute Gasteiger partial charge is 0.305 e. The van der Waals surface area contributed by atoms with Gasteiger partial charge >= 0.3 is 5.97 Å². The molecular formula is C16H22O3. The molecule has 0 atom stereocenters. The predicted octanol–water partition coefficient (Wildman–Crippen LogP) is 3.56. The van der Waals surface area contributed by atoms with Gasteiger partial charge in [-0.25, -0.2) is 0 Å². The third kappa shape index (κ3) is 5.69. The summed E-state index contributed by atoms with van der Waals surface area (Å²) in [6, 6.07) is 7.75. The van der Waals surface area contributed by atoms with Crippen LogP contribution in [0.2, 0.25) is 0 Å². The van der Waals surface area contributed by atoms with Crippen LogP contribution < -0.4 is 0 Å². The van der Waals surface area contributed by atoms with E-state index in [0.29, 0.717) is 25.9 Å². The molecule has 1 rings (SSSR count). The highest BCUT2D eigenvalue weighted by molar-refractivity contribution is 5.96. The van der Waals surface area contributed by atoms with Crippen molar-refractivity contribution in [2.75, 3.05) is 6.61 Å². The topological polar surface area (TPSA) is 43.4 Å². The molecule has 0 aromatic heterocycles. The summed E-state index contributed by atoms with van der Waals surface area (Å²) in [6.07, 6.45) is 3.31. The minimum atomic E-state index is -0.178. The van der Waals surface area contributed by atoms with E-state index >= 15 is 0 Å². The molecule has 1 aromatic rings. The molecule has 0 heterocycles. The molecule has 0 aliphatic carbocycles. The van der Waals surface area contributed by atoms with E-state index in [1.165, 1.54) is 5.56 Å². The van der Waals surface area contributed by atoms with Gasteiger partial charge in [-0.3, -0.25) is 9.59 Å². The summed E-state index contributed by atoms with van der Waals surface area (Å²) >= 11 is 0. The average molecular weight is 262 g/mol. The zero-order valence-corrected chi connectivity index (χ0v) is 11.8. The molecule has 0 radical (unpaired) electrons. The Bertz CT molecular complexity index is 407. The molecule has 0 bridgehead atoms. The number of ketones is 1. The molecule has 104 valence electrons. The van der Waals surface area contributed by atoms with Crippen LogP contribution in [0.1, 0.15) is 55.5 Å². The predicted molar refractivity (Wildman–Crippen MR) is 75.3 cm³/mol. The first-order valence-electron chi connectivity index (χ1n) is 6.95. The van der Waals surface area contributed by atoms with Gasteiger partial charge in [0, 0.05) is 18.4 Å². The van der Waals surface area contributed by atoms with Crippen molar-refractivity contribution in [3.63, 3.8) is 0 Å². The van der Waals surface area contributed by atoms with Crippen molar-refractivity contribution in [3.8, 4) is 0 Å². The van der Waals surface area contributed by atoms with Crippen LogP contribution >= 0.6 is 0 Å². The van der Waals surface area contributed by atoms with E-state index in [9.17, 15) is 9.59 Å². The SMILES string of the molecule is CCOC(=O)CCCCC(=O)c1ccc(CC)cc1. The first kappa shape index (κ1) is 15.4. The maximum Gasteiger partial charge on any atom is 0.305 e. The number of hydrogen-bond acceptors (Lipinski definition) is 3. The molecule has 0 fully saturated rings. The van der Waals surface area contributed by atoms with Crippen molar-refractivity contribution in [2.24, 2.45) is 0 Å². The fourth-order valence-corrected chi connectivity index (χ4v) is 1.86. The number of benzene rings is 1. The number of aryl methyl sites for hydroxylation is 1. The van der Waals surface area contributed by atoms with E-state index in [2.05, 4.69) is 6.92 Å². The standard InChI is InChI=1S/C16H22O3/c1-3-13-9-11-14(12-10-13)15(17)7-5-6-8-16(18)19-4-2/h9-12H,3-8H2,1-2H3. The second-order valence-electron chi connectivity index (χ2n) is 4.49. The van der Waals surface area contributed by atoms with Gasteiger partial charge in [0.15, 0.2) is 5.78 Å². The van der Waals surface area contributed by atoms with Gasteiger partial charge in [-0.1, -0.05) is 31.2 Å². The van der Waals surface area contributed by atoms with Crippen molar-refractivity contribution in [1.82, 2.24) is 0 Å². The number of carbonyl (C=O) groups is 2. The van der Waals surface area contributed by atoms with Crippen molar-refractivity contribution in [3.05, 3.63) is 35.4 Å². The minimum Gasteiger partial charge on any atom is -0.466 e. The Balaban J connectivity index is 2.29. The van der Waals surface area contributed by atoms with E-state index in [1.54, 1.807) is 6.92 Å². The van der Waals surface area contributed by atoms with Gasteiger partial charge in [0.2, 0.25) is 0 Å². The molecule has 0 saturated carbocycles. The Labute approximate surface area is 115 Å². The first-order chi connectivity index (χ1) is 9.17. The quantitative estimate of drug-likeness (QED) is 0.409. The average Bonchev–Trinajstić information content (AvgIpc) is 2.44. The molecule has 0 amide bonds. The van der Waals surface area contributed by atoms with Crippen molar-refractivity contribution in [1.29, 1.82) is 0 Å². The molecule has 0 N–H and O–H groups in total. The summed E-state index contributed by atoms with van der Waals surface area (Å²) in [5.74, 6) is -0.0336. The van der Waals surface area contributed by atoms with Crippen LogP contribution in [-0.2, 0) is 16.0 Å². The number of carbonyl (C=O) groups excluding carboxylic acids is 2. The van der Waals surface area contributed by atoms with Crippen LogP contribution in [0.25, 0.3) is 0 Å². The Morgan fingerprint density at radius 3 is 2.21 bits per heavy atom. The molecule has 0 saturated heterocycles. The van der Waals surface area contributed by atoms with Crippen LogP contribution in [0.4, 0.5) is 0 Å². The molecule has 0 aliphatic heterocycles. The highest BCUT2D eigenvalue weighted by Crippen LogP contribution is 2.10. The van der Waals surface area contributed by atoms with Gasteiger partial charge in [-0.2, -0.15) is 0 Å². The monoisotopic (exact) mass is 262 g/mol. The van der Waals surface area contributed by atoms with Gasteiger partial charge < -0.3 is 4.74 Å². The van der Waals surface area contributed by atoms with Crippen molar-refractivity contribution >= 4 is 11.8 Å². The molecule has 3 nitrogen and oxygen atoms in total. The van der Waals surface area contributed by atoms with E-state index in [-0.39, 0.29) is 11.8 Å². The number of rotatable bonds is 8. The third-order valence-corrected chi connectivity index (χ3v) is 3.02. The second kappa shape index (κ2) is 8.46. The largest absolute Gasteiger partial charge is 0.466 e. The van der Waals surface area contributed by atoms with Crippen LogP contribution in [0.3, 0.4) is 0 Å². The lowest BCUT2D eigenvalue weighted by molar-refractivity contribution is -0.143. The number of Topliss-reactive ketones (excluding diaryl/α,β-unsaturated/α-hetero) is 1. The lowest BCUT2D eigenvalue weighted by atomic mass is 10.0. The summed E-state index contributed by atoms with van der Waals surface area (Å²) in [6.45, 7) is 4.30. The molecule has 3 heteroatoms. The highest BCUT2D eigenvalue weighted by atomic mass is 16.5. The zero-order chi connectivity index (χ0) is 14.1. The van der Waals surface area contributed by atoms with Crippen LogP contribution in [0.15, 0.2) is 24.3 Å². The summed E-state index contributed by atoms with van der Waals surface area (Å²) in [5, 5.41) is 0. The molecule has 0 unspecified atom stereocenters. The molecule has 0 aliphatic rings. The fourth-order valence-electron chi connectivity index (χ4n) is 1.86. The summed E-state index contributed by atoms with van der Waals surface area (Å²) in [5.41, 5.74) is 1.99. The Kier molecular flexibility index (Phi) is 6.86. The first-order valence-corrected chi connectivity index (χ1v) is 6.95. The van der Waals surface area contributed by atoms with Crippen LogP contribution in [-0.4, -0.2) is 18.4 Å². The highest BCUT2D eigenvalue weighted by Gasteiger charge is 2.07. The van der Waals surface area contributed by atoms with E-state index < -0.39 is 0 Å². The van der Waals surface area contributed by atoms with Crippen LogP contribution in [0, 0.1) is 0 Å². The Morgan fingerprint density at radius 1 is 1.00 bits per heavy atom. The van der Waals surface area contributed by atoms with Gasteiger partial charge in [-0.05, 0) is 31.7 Å². The number of unbranched alkanes of at least 4 members (excludes halogenated alkanes) is 1. The third-order valence-electron chi connectivity index (χ3n) is 3.02. The summed E-state index contributed by atoms with van der Waals surface area (Å²) in [7, 11) is 0. The normalized spacial score (nSPS) is 10.2. The molecule has 0 spiro atoms. The van der Waals surface area contributed by atoms with E-state index in [1.807, 2.05) is 24.3 Å². The maximum absolute atomic E-state index is 11.9. The second-order valence-corrected chi connectivity index (χ2v) is 4.49. The minimum absolute atomic E-state index is 0.145. The fraction of sp³-hybridized carbons (Fsp3) is 0.500. The van der Waals surface area contributed by atoms with E-state index in [4.69, 9.17) is 4.74 Å². The van der Waals surface area contributed by atoms with Gasteiger partial charge in [0.1, 0.15) is 0 Å². The number of esters is 1. The number of hydrogen-bond donors (Lipinski definition) is 0. The van der Waals surface area contributed by atoms with Crippen molar-refractivity contribution in [2.45, 2.75) is 46.0 Å². The Morgan fingerprint density at radius 2 is 1.63 bits per heavy atom. The molecular weight excluding hydrogens is 240 g/mol. The zero-order valence-electron chi connectivity index (χ0n) is 11.8. The summed E-state index contributed by atoms with van der Waals surface area (Å²) < 4.78 is 4.84. The van der Waals surface area contributed by atoms with Crippen LogP contribution in [0.5, 0.6) is 0 Å². The molecule has 1 aromatic carbocycles. The van der Waals surface area contributed by atoms with Crippen molar-refractivity contribution < 1.29 is 14.3 Å². The maximum atomic E-state index is 11.9. The van der Waals surface area contributed by atoms with Gasteiger partial charge in [-0.15, -0.1) is 0 Å². The van der Waals surface area contributed by atoms with Gasteiger partial charge in [0.25, 0.3) is 0 Å². The summed E-state index contributed by atoms with van der Waals surface area (Å²) in [4.78, 5) is 23.0. The van der Waals surface area contributed by atoms with Gasteiger partial charge in [0.05, 0.1) is 6.61 Å². The Hall–Kier alpha value is -1.64. The van der Waals surface area contributed by atoms with E-state index in [0.717, 1.165) is 18.4 Å². The lowest BCUT2D eigenvalue weighted by Crippen LogP contribution is -2.04. The number of ether oxygens (including phenoxy) is 1.